The largest absolute Gasteiger partial charge is 0.385 e. The summed E-state index contributed by atoms with van der Waals surface area (Å²) in [5.41, 5.74) is 1.77. The van der Waals surface area contributed by atoms with Gasteiger partial charge in [-0.15, -0.1) is 24.0 Å². The topological polar surface area (TPSA) is 75.2 Å². The Bertz CT molecular complexity index is 632. The third kappa shape index (κ3) is 9.18. The number of nitrogens with one attached hydrogen (secondary N) is 2. The lowest BCUT2D eigenvalue weighted by molar-refractivity contribution is 0.00990. The fourth-order valence-corrected chi connectivity index (χ4v) is 3.30. The van der Waals surface area contributed by atoms with E-state index in [0.29, 0.717) is 24.8 Å². The smallest absolute Gasteiger partial charge is 0.251 e. The lowest BCUT2D eigenvalue weighted by Crippen LogP contribution is -2.47. The molecule has 30 heavy (non-hydrogen) atoms. The number of benzene rings is 1. The molecule has 1 saturated heterocycles. The van der Waals surface area contributed by atoms with Gasteiger partial charge in [-0.3, -0.25) is 4.79 Å². The highest BCUT2D eigenvalue weighted by molar-refractivity contribution is 14.0. The van der Waals surface area contributed by atoms with Gasteiger partial charge < -0.3 is 25.0 Å². The number of piperidine rings is 1. The van der Waals surface area contributed by atoms with Crippen molar-refractivity contribution >= 4 is 35.8 Å². The van der Waals surface area contributed by atoms with Crippen molar-refractivity contribution < 1.29 is 14.3 Å². The highest BCUT2D eigenvalue weighted by atomic mass is 127. The van der Waals surface area contributed by atoms with Crippen LogP contribution in [0.1, 0.15) is 49.0 Å². The number of hydrogen-bond donors (Lipinski definition) is 2. The number of halogens is 1. The first-order chi connectivity index (χ1) is 14.2. The Kier molecular flexibility index (Phi) is 13.7. The SMILES string of the molecule is CCNC(=O)c1ccc(CN=C(NCC)N2CCC(OCCCOC)CC2)cc1.I. The van der Waals surface area contributed by atoms with Crippen molar-refractivity contribution in [2.75, 3.05) is 46.5 Å². The van der Waals surface area contributed by atoms with E-state index >= 15 is 0 Å². The van der Waals surface area contributed by atoms with Crippen LogP contribution < -0.4 is 10.6 Å². The van der Waals surface area contributed by atoms with E-state index in [1.165, 1.54) is 0 Å². The first kappa shape index (κ1) is 26.6. The molecule has 0 aromatic heterocycles. The quantitative estimate of drug-likeness (QED) is 0.210. The van der Waals surface area contributed by atoms with E-state index in [1.807, 2.05) is 31.2 Å². The second kappa shape index (κ2) is 15.4. The summed E-state index contributed by atoms with van der Waals surface area (Å²) < 4.78 is 11.0. The summed E-state index contributed by atoms with van der Waals surface area (Å²) >= 11 is 0. The molecule has 0 unspecified atom stereocenters. The second-order valence-corrected chi connectivity index (χ2v) is 7.13. The van der Waals surface area contributed by atoms with Crippen LogP contribution in [0.4, 0.5) is 0 Å². The van der Waals surface area contributed by atoms with Gasteiger partial charge in [-0.1, -0.05) is 12.1 Å². The highest BCUT2D eigenvalue weighted by Gasteiger charge is 2.21. The van der Waals surface area contributed by atoms with Gasteiger partial charge in [-0.25, -0.2) is 4.99 Å². The Labute approximate surface area is 198 Å². The summed E-state index contributed by atoms with van der Waals surface area (Å²) in [5, 5.41) is 6.21. The third-order valence-corrected chi connectivity index (χ3v) is 4.89. The summed E-state index contributed by atoms with van der Waals surface area (Å²) in [7, 11) is 1.72. The van der Waals surface area contributed by atoms with Crippen LogP contribution in [0.25, 0.3) is 0 Å². The predicted molar refractivity (Wildman–Crippen MR) is 132 cm³/mol. The molecule has 1 fully saturated rings. The van der Waals surface area contributed by atoms with Crippen molar-refractivity contribution in [3.63, 3.8) is 0 Å². The number of rotatable bonds is 10. The Balaban J connectivity index is 0.00000450. The molecule has 1 aromatic carbocycles. The van der Waals surface area contributed by atoms with Gasteiger partial charge in [0.25, 0.3) is 5.91 Å². The minimum absolute atomic E-state index is 0. The lowest BCUT2D eigenvalue weighted by Gasteiger charge is -2.34. The molecule has 1 aliphatic heterocycles. The maximum atomic E-state index is 11.9. The maximum absolute atomic E-state index is 11.9. The van der Waals surface area contributed by atoms with Crippen molar-refractivity contribution in [1.82, 2.24) is 15.5 Å². The average Bonchev–Trinajstić information content (AvgIpc) is 2.75. The summed E-state index contributed by atoms with van der Waals surface area (Å²) in [4.78, 5) is 19.0. The van der Waals surface area contributed by atoms with Gasteiger partial charge in [0.15, 0.2) is 5.96 Å². The summed E-state index contributed by atoms with van der Waals surface area (Å²) in [6, 6.07) is 7.65. The number of likely N-dealkylation sites (tertiary alicyclic amines) is 1. The van der Waals surface area contributed by atoms with Gasteiger partial charge in [0, 0.05) is 52.1 Å². The van der Waals surface area contributed by atoms with E-state index in [1.54, 1.807) is 7.11 Å². The fraction of sp³-hybridized carbons (Fsp3) is 0.636. The van der Waals surface area contributed by atoms with Crippen LogP contribution in [0.15, 0.2) is 29.3 Å². The first-order valence-corrected chi connectivity index (χ1v) is 10.7. The molecule has 1 aromatic rings. The number of methoxy groups -OCH3 is 1. The van der Waals surface area contributed by atoms with Crippen LogP contribution in [-0.4, -0.2) is 69.4 Å². The Morgan fingerprint density at radius 1 is 1.10 bits per heavy atom. The Morgan fingerprint density at radius 3 is 2.37 bits per heavy atom. The van der Waals surface area contributed by atoms with Gasteiger partial charge in [0.2, 0.25) is 0 Å². The van der Waals surface area contributed by atoms with Gasteiger partial charge in [0.05, 0.1) is 12.6 Å². The van der Waals surface area contributed by atoms with E-state index in [2.05, 4.69) is 22.5 Å². The molecule has 0 aliphatic carbocycles. The third-order valence-electron chi connectivity index (χ3n) is 4.89. The van der Waals surface area contributed by atoms with Gasteiger partial charge in [-0.2, -0.15) is 0 Å². The van der Waals surface area contributed by atoms with Crippen molar-refractivity contribution in [2.24, 2.45) is 4.99 Å². The first-order valence-electron chi connectivity index (χ1n) is 10.7. The molecule has 2 N–H and O–H groups in total. The number of hydrogen-bond acceptors (Lipinski definition) is 4. The van der Waals surface area contributed by atoms with E-state index in [9.17, 15) is 4.79 Å². The molecule has 0 bridgehead atoms. The molecule has 0 atom stereocenters. The molecule has 7 nitrogen and oxygen atoms in total. The summed E-state index contributed by atoms with van der Waals surface area (Å²) in [6.45, 7) is 9.45. The lowest BCUT2D eigenvalue weighted by atomic mass is 10.1. The fourth-order valence-electron chi connectivity index (χ4n) is 3.30. The molecule has 0 saturated carbocycles. The van der Waals surface area contributed by atoms with E-state index < -0.39 is 0 Å². The normalized spacial score (nSPS) is 14.9. The number of amides is 1. The van der Waals surface area contributed by atoms with E-state index in [4.69, 9.17) is 14.5 Å². The summed E-state index contributed by atoms with van der Waals surface area (Å²) in [6.07, 6.45) is 3.30. The second-order valence-electron chi connectivity index (χ2n) is 7.13. The number of aliphatic imine (C=N–C) groups is 1. The number of ether oxygens (including phenoxy) is 2. The zero-order chi connectivity index (χ0) is 20.9. The molecule has 0 spiro atoms. The van der Waals surface area contributed by atoms with Crippen molar-refractivity contribution in [1.29, 1.82) is 0 Å². The molecule has 0 radical (unpaired) electrons. The minimum atomic E-state index is -0.0387. The van der Waals surface area contributed by atoms with Crippen molar-refractivity contribution in [3.8, 4) is 0 Å². The maximum Gasteiger partial charge on any atom is 0.251 e. The van der Waals surface area contributed by atoms with Crippen LogP contribution in [0.2, 0.25) is 0 Å². The Hall–Kier alpha value is -1.39. The number of nitrogens with zero attached hydrogens (tertiary/aromatic N) is 2. The minimum Gasteiger partial charge on any atom is -0.385 e. The van der Waals surface area contributed by atoms with Crippen LogP contribution in [0, 0.1) is 0 Å². The molecular weight excluding hydrogens is 495 g/mol. The van der Waals surface area contributed by atoms with Crippen LogP contribution in [-0.2, 0) is 16.0 Å². The van der Waals surface area contributed by atoms with Gasteiger partial charge >= 0.3 is 0 Å². The van der Waals surface area contributed by atoms with Gasteiger partial charge in [-0.05, 0) is 50.8 Å². The molecular formula is C22H37IN4O3. The highest BCUT2D eigenvalue weighted by Crippen LogP contribution is 2.15. The van der Waals surface area contributed by atoms with Gasteiger partial charge in [0.1, 0.15) is 0 Å². The number of guanidine groups is 1. The molecule has 2 rings (SSSR count). The number of carbonyl (C=O) groups is 1. The molecule has 1 amide bonds. The standard InChI is InChI=1S/C22H36N4O3.HI/c1-4-23-21(27)19-9-7-18(8-10-19)17-25-22(24-5-2)26-13-11-20(12-14-26)29-16-6-15-28-3;/h7-10,20H,4-6,11-17H2,1-3H3,(H,23,27)(H,24,25);1H. The van der Waals surface area contributed by atoms with Crippen LogP contribution in [0.3, 0.4) is 0 Å². The van der Waals surface area contributed by atoms with Crippen LogP contribution in [0.5, 0.6) is 0 Å². The summed E-state index contributed by atoms with van der Waals surface area (Å²) in [5.74, 6) is 0.904. The zero-order valence-corrected chi connectivity index (χ0v) is 20.8. The molecule has 170 valence electrons. The monoisotopic (exact) mass is 532 g/mol. The molecule has 8 heteroatoms. The average molecular weight is 532 g/mol. The molecule has 1 aliphatic rings. The van der Waals surface area contributed by atoms with E-state index in [0.717, 1.165) is 63.6 Å². The van der Waals surface area contributed by atoms with Crippen molar-refractivity contribution in [3.05, 3.63) is 35.4 Å². The zero-order valence-electron chi connectivity index (χ0n) is 18.5. The Morgan fingerprint density at radius 2 is 1.77 bits per heavy atom. The van der Waals surface area contributed by atoms with Crippen LogP contribution >= 0.6 is 24.0 Å². The van der Waals surface area contributed by atoms with Crippen molar-refractivity contribution in [2.45, 2.75) is 45.8 Å². The number of carbonyl (C=O) groups excluding carboxylic acids is 1. The van der Waals surface area contributed by atoms with E-state index in [-0.39, 0.29) is 29.9 Å². The molecule has 1 heterocycles. The predicted octanol–water partition coefficient (Wildman–Crippen LogP) is 3.04.